The fraction of sp³-hybridized carbons (Fsp3) is 0.737. The highest BCUT2D eigenvalue weighted by Crippen LogP contribution is 2.28. The summed E-state index contributed by atoms with van der Waals surface area (Å²) in [5, 5.41) is 7.64. The highest BCUT2D eigenvalue weighted by molar-refractivity contribution is 7.11. The lowest BCUT2D eigenvalue weighted by atomic mass is 10.2. The number of ether oxygens (including phenoxy) is 1. The number of aromatic nitrogens is 1. The third-order valence-corrected chi connectivity index (χ3v) is 5.04. The Kier molecular flexibility index (Phi) is 7.47. The van der Waals surface area contributed by atoms with Gasteiger partial charge in [-0.15, -0.1) is 11.3 Å². The van der Waals surface area contributed by atoms with Crippen LogP contribution < -0.4 is 10.6 Å². The minimum atomic E-state index is -0.473. The number of carbonyl (C=O) groups excluding carboxylic acids is 1. The van der Waals surface area contributed by atoms with Gasteiger partial charge in [0.2, 0.25) is 0 Å². The maximum atomic E-state index is 12.4. The van der Waals surface area contributed by atoms with E-state index in [1.165, 1.54) is 4.88 Å². The molecule has 0 unspecified atom stereocenters. The molecule has 152 valence electrons. The molecule has 0 spiro atoms. The van der Waals surface area contributed by atoms with Crippen LogP contribution in [0.5, 0.6) is 0 Å². The first-order valence-electron chi connectivity index (χ1n) is 9.64. The quantitative estimate of drug-likeness (QED) is 0.547. The van der Waals surface area contributed by atoms with E-state index in [1.54, 1.807) is 11.3 Å². The molecule has 2 rings (SSSR count). The smallest absolute Gasteiger partial charge is 0.410 e. The van der Waals surface area contributed by atoms with Crippen LogP contribution in [-0.2, 0) is 11.3 Å². The van der Waals surface area contributed by atoms with Gasteiger partial charge in [0.05, 0.1) is 17.2 Å². The summed E-state index contributed by atoms with van der Waals surface area (Å²) in [6.45, 7) is 14.4. The van der Waals surface area contributed by atoms with Gasteiger partial charge >= 0.3 is 6.09 Å². The molecule has 0 saturated heterocycles. The standard InChI is InChI=1S/C19H33N5O2S/c1-7-20-17(22-12-16-13(2)23-14(3)27-16)21-10-11-24(15-8-9-15)18(25)26-19(4,5)6/h15H,7-12H2,1-6H3,(H2,20,21,22). The number of thiazole rings is 1. The third-order valence-electron chi connectivity index (χ3n) is 3.99. The van der Waals surface area contributed by atoms with Crippen molar-refractivity contribution in [3.8, 4) is 0 Å². The maximum Gasteiger partial charge on any atom is 0.410 e. The van der Waals surface area contributed by atoms with Crippen LogP contribution in [0.4, 0.5) is 4.79 Å². The van der Waals surface area contributed by atoms with Crippen molar-refractivity contribution in [3.05, 3.63) is 15.6 Å². The van der Waals surface area contributed by atoms with Crippen LogP contribution >= 0.6 is 11.3 Å². The number of hydrogen-bond donors (Lipinski definition) is 2. The largest absolute Gasteiger partial charge is 0.444 e. The molecule has 1 aliphatic carbocycles. The average Bonchev–Trinajstić information content (AvgIpc) is 3.32. The number of nitrogens with one attached hydrogen (secondary N) is 2. The Bertz CT molecular complexity index is 662. The van der Waals surface area contributed by atoms with Crippen molar-refractivity contribution in [2.75, 3.05) is 19.6 Å². The molecule has 27 heavy (non-hydrogen) atoms. The summed E-state index contributed by atoms with van der Waals surface area (Å²) in [6, 6.07) is 0.309. The first-order chi connectivity index (χ1) is 12.7. The number of aliphatic imine (C=N–C) groups is 1. The molecule has 7 nitrogen and oxygen atoms in total. The van der Waals surface area contributed by atoms with E-state index in [9.17, 15) is 4.79 Å². The molecule has 0 bridgehead atoms. The molecule has 1 aromatic heterocycles. The van der Waals surface area contributed by atoms with Gasteiger partial charge in [0, 0.05) is 30.6 Å². The topological polar surface area (TPSA) is 78.9 Å². The second-order valence-electron chi connectivity index (χ2n) is 7.77. The number of hydrogen-bond acceptors (Lipinski definition) is 5. The molecule has 1 heterocycles. The Labute approximate surface area is 166 Å². The Balaban J connectivity index is 1.89. The summed E-state index contributed by atoms with van der Waals surface area (Å²) >= 11 is 1.68. The molecule has 1 saturated carbocycles. The summed E-state index contributed by atoms with van der Waals surface area (Å²) in [5.74, 6) is 0.753. The van der Waals surface area contributed by atoms with Gasteiger partial charge in [0.25, 0.3) is 0 Å². The predicted octanol–water partition coefficient (Wildman–Crippen LogP) is 3.21. The van der Waals surface area contributed by atoms with Gasteiger partial charge in [-0.2, -0.15) is 0 Å². The molecule has 2 N–H and O–H groups in total. The summed E-state index contributed by atoms with van der Waals surface area (Å²) in [7, 11) is 0. The minimum absolute atomic E-state index is 0.232. The van der Waals surface area contributed by atoms with Crippen LogP contribution in [0.25, 0.3) is 0 Å². The second kappa shape index (κ2) is 9.39. The number of guanidine groups is 1. The van der Waals surface area contributed by atoms with E-state index in [0.29, 0.717) is 25.7 Å². The molecule has 0 aliphatic heterocycles. The van der Waals surface area contributed by atoms with Gasteiger partial charge in [-0.05, 0) is 54.4 Å². The number of nitrogens with zero attached hydrogens (tertiary/aromatic N) is 3. The molecule has 1 amide bonds. The molecule has 0 aromatic carbocycles. The highest BCUT2D eigenvalue weighted by atomic mass is 32.1. The molecule has 8 heteroatoms. The first-order valence-corrected chi connectivity index (χ1v) is 10.5. The zero-order valence-corrected chi connectivity index (χ0v) is 18.2. The number of amides is 1. The molecule has 1 aliphatic rings. The van der Waals surface area contributed by atoms with E-state index in [2.05, 4.69) is 20.6 Å². The van der Waals surface area contributed by atoms with Crippen LogP contribution in [0.2, 0.25) is 0 Å². The normalized spacial score (nSPS) is 14.8. The molecule has 1 fully saturated rings. The fourth-order valence-electron chi connectivity index (χ4n) is 2.64. The van der Waals surface area contributed by atoms with E-state index >= 15 is 0 Å². The summed E-state index contributed by atoms with van der Waals surface area (Å²) in [6.07, 6.45) is 1.87. The monoisotopic (exact) mass is 395 g/mol. The lowest BCUT2D eigenvalue weighted by Gasteiger charge is -2.27. The molecule has 1 aromatic rings. The van der Waals surface area contributed by atoms with Crippen molar-refractivity contribution >= 4 is 23.4 Å². The third kappa shape index (κ3) is 7.36. The summed E-state index contributed by atoms with van der Waals surface area (Å²) in [4.78, 5) is 24.5. The van der Waals surface area contributed by atoms with E-state index in [1.807, 2.05) is 46.4 Å². The summed E-state index contributed by atoms with van der Waals surface area (Å²) < 4.78 is 5.53. The van der Waals surface area contributed by atoms with E-state index in [-0.39, 0.29) is 6.09 Å². The SMILES string of the molecule is CCNC(=NCc1sc(C)nc1C)NCCN(C(=O)OC(C)(C)C)C1CC1. The molecular formula is C19H33N5O2S. The van der Waals surface area contributed by atoms with E-state index in [0.717, 1.165) is 36.0 Å². The van der Waals surface area contributed by atoms with Gasteiger partial charge in [0.15, 0.2) is 5.96 Å². The van der Waals surface area contributed by atoms with Gasteiger partial charge in [0.1, 0.15) is 5.60 Å². The van der Waals surface area contributed by atoms with Crippen LogP contribution in [0.1, 0.15) is 56.1 Å². The number of aryl methyl sites for hydroxylation is 2. The Morgan fingerprint density at radius 1 is 1.33 bits per heavy atom. The lowest BCUT2D eigenvalue weighted by molar-refractivity contribution is 0.0238. The van der Waals surface area contributed by atoms with Crippen LogP contribution in [-0.4, -0.2) is 53.2 Å². The maximum absolute atomic E-state index is 12.4. The van der Waals surface area contributed by atoms with Crippen molar-refractivity contribution < 1.29 is 9.53 Å². The van der Waals surface area contributed by atoms with Crippen LogP contribution in [0.15, 0.2) is 4.99 Å². The average molecular weight is 396 g/mol. The minimum Gasteiger partial charge on any atom is -0.444 e. The Morgan fingerprint density at radius 3 is 2.56 bits per heavy atom. The van der Waals surface area contributed by atoms with E-state index in [4.69, 9.17) is 4.74 Å². The predicted molar refractivity (Wildman–Crippen MR) is 110 cm³/mol. The Morgan fingerprint density at radius 2 is 2.04 bits per heavy atom. The zero-order valence-electron chi connectivity index (χ0n) is 17.4. The van der Waals surface area contributed by atoms with Gasteiger partial charge in [-0.3, -0.25) is 0 Å². The lowest BCUT2D eigenvalue weighted by Crippen LogP contribution is -2.45. The number of carbonyl (C=O) groups is 1. The van der Waals surface area contributed by atoms with Crippen LogP contribution in [0, 0.1) is 13.8 Å². The molecule has 0 atom stereocenters. The van der Waals surface area contributed by atoms with E-state index < -0.39 is 5.60 Å². The van der Waals surface area contributed by atoms with Crippen molar-refractivity contribution in [2.45, 2.75) is 72.6 Å². The fourth-order valence-corrected chi connectivity index (χ4v) is 3.50. The Hall–Kier alpha value is -1.83. The number of rotatable bonds is 7. The van der Waals surface area contributed by atoms with Crippen LogP contribution in [0.3, 0.4) is 0 Å². The summed E-state index contributed by atoms with van der Waals surface area (Å²) in [5.41, 5.74) is 0.570. The van der Waals surface area contributed by atoms with Gasteiger partial charge in [-0.25, -0.2) is 14.8 Å². The van der Waals surface area contributed by atoms with Crippen molar-refractivity contribution in [1.82, 2.24) is 20.5 Å². The second-order valence-corrected chi connectivity index (χ2v) is 9.06. The zero-order chi connectivity index (χ0) is 20.0. The van der Waals surface area contributed by atoms with Crippen molar-refractivity contribution in [1.29, 1.82) is 0 Å². The van der Waals surface area contributed by atoms with Crippen molar-refractivity contribution in [2.24, 2.45) is 4.99 Å². The highest BCUT2D eigenvalue weighted by Gasteiger charge is 2.34. The van der Waals surface area contributed by atoms with Gasteiger partial charge in [-0.1, -0.05) is 0 Å². The molecule has 0 radical (unpaired) electrons. The molecular weight excluding hydrogens is 362 g/mol. The first kappa shape index (κ1) is 21.5. The van der Waals surface area contributed by atoms with Gasteiger partial charge < -0.3 is 20.3 Å². The van der Waals surface area contributed by atoms with Crippen molar-refractivity contribution in [3.63, 3.8) is 0 Å².